The third-order valence-electron chi connectivity index (χ3n) is 9.82. The number of hydrogen-bond donors (Lipinski definition) is 3. The summed E-state index contributed by atoms with van der Waals surface area (Å²) >= 11 is 0. The first-order valence-corrected chi connectivity index (χ1v) is 23.2. The zero-order valence-corrected chi connectivity index (χ0v) is 37.1. The lowest BCUT2D eigenvalue weighted by Crippen LogP contribution is -2.46. The molecule has 3 unspecified atom stereocenters. The number of rotatable bonds is 39. The topological polar surface area (TPSA) is 95.9 Å². The van der Waals surface area contributed by atoms with Gasteiger partial charge in [-0.1, -0.05) is 220 Å². The highest BCUT2D eigenvalue weighted by molar-refractivity contribution is 5.77. The number of hydrogen-bond acceptors (Lipinski definition) is 5. The number of allylic oxidation sites excluding steroid dienone is 18. The van der Waals surface area contributed by atoms with Crippen molar-refractivity contribution in [1.29, 1.82) is 0 Å². The van der Waals surface area contributed by atoms with Gasteiger partial charge >= 0.3 is 5.97 Å². The Bertz CT molecular complexity index is 1220. The fourth-order valence-corrected chi connectivity index (χ4v) is 6.35. The lowest BCUT2D eigenvalue weighted by atomic mass is 10.0. The lowest BCUT2D eigenvalue weighted by Gasteiger charge is -2.24. The SMILES string of the molecule is CC/C=C/C=C/C=C\C=C/C=C/CCCC(CC(=O)NC(CO)C(O)CCCCCCCCCCCCCCC)OC(=O)CCCCC\C=C/C=C\C=C\C=C\CC. The number of amides is 1. The average molecular weight is 804 g/mol. The van der Waals surface area contributed by atoms with Crippen LogP contribution in [0.15, 0.2) is 109 Å². The average Bonchev–Trinajstić information content (AvgIpc) is 3.22. The molecule has 0 heterocycles. The van der Waals surface area contributed by atoms with Crippen LogP contribution in [0.25, 0.3) is 0 Å². The van der Waals surface area contributed by atoms with Gasteiger partial charge in [0.05, 0.1) is 25.2 Å². The number of aliphatic hydroxyl groups excluding tert-OH is 2. The Morgan fingerprint density at radius 2 is 0.948 bits per heavy atom. The van der Waals surface area contributed by atoms with Gasteiger partial charge in [0.15, 0.2) is 0 Å². The molecule has 0 aliphatic carbocycles. The highest BCUT2D eigenvalue weighted by Crippen LogP contribution is 2.16. The van der Waals surface area contributed by atoms with E-state index in [1.807, 2.05) is 85.1 Å². The summed E-state index contributed by atoms with van der Waals surface area (Å²) in [7, 11) is 0. The minimum atomic E-state index is -0.819. The maximum atomic E-state index is 13.1. The fraction of sp³-hybridized carbons (Fsp3) is 0.615. The zero-order chi connectivity index (χ0) is 42.4. The van der Waals surface area contributed by atoms with Gasteiger partial charge in [0.2, 0.25) is 5.91 Å². The molecule has 0 saturated heterocycles. The van der Waals surface area contributed by atoms with E-state index in [9.17, 15) is 19.8 Å². The predicted molar refractivity (Wildman–Crippen MR) is 250 cm³/mol. The molecule has 0 rings (SSSR count). The largest absolute Gasteiger partial charge is 0.462 e. The van der Waals surface area contributed by atoms with Crippen LogP contribution in [0, 0.1) is 0 Å². The highest BCUT2D eigenvalue weighted by Gasteiger charge is 2.24. The molecule has 0 aliphatic rings. The van der Waals surface area contributed by atoms with E-state index in [2.05, 4.69) is 50.4 Å². The summed E-state index contributed by atoms with van der Waals surface area (Å²) in [4.78, 5) is 26.0. The Balaban J connectivity index is 4.80. The number of ether oxygens (including phenoxy) is 1. The Morgan fingerprint density at radius 3 is 1.43 bits per heavy atom. The van der Waals surface area contributed by atoms with Crippen molar-refractivity contribution in [1.82, 2.24) is 5.32 Å². The lowest BCUT2D eigenvalue weighted by molar-refractivity contribution is -0.151. The number of unbranched alkanes of at least 4 members (excludes halogenated alkanes) is 16. The van der Waals surface area contributed by atoms with Gasteiger partial charge in [-0.05, 0) is 57.8 Å². The molecule has 0 bridgehead atoms. The van der Waals surface area contributed by atoms with Crippen molar-refractivity contribution < 1.29 is 24.5 Å². The van der Waals surface area contributed by atoms with Gasteiger partial charge in [0.1, 0.15) is 6.10 Å². The number of aliphatic hydroxyl groups is 2. The zero-order valence-electron chi connectivity index (χ0n) is 37.1. The number of nitrogens with one attached hydrogen (secondary N) is 1. The minimum absolute atomic E-state index is 0.00542. The van der Waals surface area contributed by atoms with Crippen molar-refractivity contribution in [3.05, 3.63) is 109 Å². The van der Waals surface area contributed by atoms with Crippen molar-refractivity contribution >= 4 is 11.9 Å². The monoisotopic (exact) mass is 804 g/mol. The second kappa shape index (κ2) is 44.6. The molecule has 0 aromatic carbocycles. The predicted octanol–water partition coefficient (Wildman–Crippen LogP) is 13.6. The molecule has 3 N–H and O–H groups in total. The van der Waals surface area contributed by atoms with Crippen LogP contribution < -0.4 is 5.32 Å². The normalized spacial score (nSPS) is 14.4. The maximum Gasteiger partial charge on any atom is 0.306 e. The molecule has 0 spiro atoms. The first-order chi connectivity index (χ1) is 28.5. The number of carbonyl (C=O) groups excluding carboxylic acids is 2. The van der Waals surface area contributed by atoms with E-state index in [1.54, 1.807) is 0 Å². The standard InChI is InChI=1S/C52H85NO5/c1-4-7-10-13-16-19-22-25-28-31-34-37-40-43-48(58-52(57)45-42-39-36-33-30-27-24-21-18-15-12-9-6-3)46-51(56)53-49(47-54)50(55)44-41-38-35-32-29-26-23-20-17-14-11-8-5-2/h7,9-10,12-13,15-16,18-19,21-22,24-25,27-28,30-31,34,48-50,54-55H,4-6,8,11,14,17,20,23,26,29,32-33,35-47H2,1-3H3,(H,53,56)/b10-7+,12-9+,16-13+,18-15+,22-19-,24-21-,28-25-,30-27-,34-31+. The van der Waals surface area contributed by atoms with Gasteiger partial charge in [-0.25, -0.2) is 0 Å². The summed E-state index contributed by atoms with van der Waals surface area (Å²) in [5, 5.41) is 23.6. The van der Waals surface area contributed by atoms with E-state index >= 15 is 0 Å². The molecule has 3 atom stereocenters. The summed E-state index contributed by atoms with van der Waals surface area (Å²) in [6.07, 6.45) is 60.1. The van der Waals surface area contributed by atoms with Gasteiger partial charge < -0.3 is 20.3 Å². The summed E-state index contributed by atoms with van der Waals surface area (Å²) in [6, 6.07) is -0.739. The molecule has 6 nitrogen and oxygen atoms in total. The number of esters is 1. The molecular formula is C52H85NO5. The Morgan fingerprint density at radius 1 is 0.517 bits per heavy atom. The Hall–Kier alpha value is -3.48. The second-order valence-electron chi connectivity index (χ2n) is 15.3. The molecule has 6 heteroatoms. The van der Waals surface area contributed by atoms with Crippen LogP contribution in [0.1, 0.15) is 181 Å². The van der Waals surface area contributed by atoms with Crippen molar-refractivity contribution in [3.63, 3.8) is 0 Å². The van der Waals surface area contributed by atoms with Gasteiger partial charge in [-0.2, -0.15) is 0 Å². The second-order valence-corrected chi connectivity index (χ2v) is 15.3. The Labute approximate surface area is 356 Å². The van der Waals surface area contributed by atoms with E-state index in [1.165, 1.54) is 64.2 Å². The van der Waals surface area contributed by atoms with Crippen LogP contribution >= 0.6 is 0 Å². The van der Waals surface area contributed by atoms with Gasteiger partial charge in [0.25, 0.3) is 0 Å². The molecule has 0 fully saturated rings. The van der Waals surface area contributed by atoms with E-state index < -0.39 is 18.2 Å². The first-order valence-electron chi connectivity index (χ1n) is 23.2. The van der Waals surface area contributed by atoms with Gasteiger partial charge in [-0.3, -0.25) is 9.59 Å². The quantitative estimate of drug-likeness (QED) is 0.0327. The molecule has 328 valence electrons. The maximum absolute atomic E-state index is 13.1. The summed E-state index contributed by atoms with van der Waals surface area (Å²) in [5.74, 6) is -0.606. The van der Waals surface area contributed by atoms with E-state index in [-0.39, 0.29) is 24.9 Å². The van der Waals surface area contributed by atoms with Crippen LogP contribution in [0.4, 0.5) is 0 Å². The van der Waals surface area contributed by atoms with Crippen LogP contribution in [0.2, 0.25) is 0 Å². The van der Waals surface area contributed by atoms with Gasteiger partial charge in [-0.15, -0.1) is 0 Å². The summed E-state index contributed by atoms with van der Waals surface area (Å²) in [5.41, 5.74) is 0. The Kier molecular flexibility index (Phi) is 41.9. The molecule has 0 aromatic rings. The molecule has 1 amide bonds. The summed E-state index contributed by atoms with van der Waals surface area (Å²) in [6.45, 7) is 6.14. The molecule has 0 radical (unpaired) electrons. The van der Waals surface area contributed by atoms with E-state index in [0.29, 0.717) is 19.3 Å². The molecule has 0 aromatic heterocycles. The minimum Gasteiger partial charge on any atom is -0.462 e. The first kappa shape index (κ1) is 54.5. The van der Waals surface area contributed by atoms with Crippen LogP contribution in [-0.4, -0.2) is 46.9 Å². The van der Waals surface area contributed by atoms with Crippen LogP contribution in [0.5, 0.6) is 0 Å². The third kappa shape index (κ3) is 39.4. The van der Waals surface area contributed by atoms with Crippen molar-refractivity contribution in [2.45, 2.75) is 200 Å². The molecule has 58 heavy (non-hydrogen) atoms. The molecule has 0 aliphatic heterocycles. The van der Waals surface area contributed by atoms with Crippen LogP contribution in [0.3, 0.4) is 0 Å². The smallest absolute Gasteiger partial charge is 0.306 e. The van der Waals surface area contributed by atoms with Gasteiger partial charge in [0, 0.05) is 6.42 Å². The van der Waals surface area contributed by atoms with E-state index in [4.69, 9.17) is 4.74 Å². The molecule has 0 saturated carbocycles. The molecular weight excluding hydrogens is 719 g/mol. The number of carbonyl (C=O) groups is 2. The summed E-state index contributed by atoms with van der Waals surface area (Å²) < 4.78 is 5.85. The van der Waals surface area contributed by atoms with Crippen molar-refractivity contribution in [2.24, 2.45) is 0 Å². The highest BCUT2D eigenvalue weighted by atomic mass is 16.5. The van der Waals surface area contributed by atoms with Crippen molar-refractivity contribution in [2.75, 3.05) is 6.61 Å². The van der Waals surface area contributed by atoms with Crippen molar-refractivity contribution in [3.8, 4) is 0 Å². The van der Waals surface area contributed by atoms with E-state index in [0.717, 1.165) is 70.6 Å². The fourth-order valence-electron chi connectivity index (χ4n) is 6.35. The van der Waals surface area contributed by atoms with Crippen LogP contribution in [-0.2, 0) is 14.3 Å². The third-order valence-corrected chi connectivity index (χ3v) is 9.82.